The van der Waals surface area contributed by atoms with Crippen LogP contribution >= 0.6 is 22.7 Å². The lowest BCUT2D eigenvalue weighted by Gasteiger charge is -2.18. The first-order valence-electron chi connectivity index (χ1n) is 13.1. The number of benzene rings is 1. The summed E-state index contributed by atoms with van der Waals surface area (Å²) in [5.41, 5.74) is 1.86. The number of nitrogens with one attached hydrogen (secondary N) is 1. The van der Waals surface area contributed by atoms with Crippen LogP contribution in [0.5, 0.6) is 5.75 Å². The van der Waals surface area contributed by atoms with Crippen LogP contribution in [0.25, 0.3) is 10.2 Å². The van der Waals surface area contributed by atoms with Gasteiger partial charge in [-0.2, -0.15) is 4.99 Å². The molecule has 218 valence electrons. The highest BCUT2D eigenvalue weighted by molar-refractivity contribution is 7.92. The van der Waals surface area contributed by atoms with Crippen molar-refractivity contribution < 1.29 is 32.3 Å². The number of fused-ring (bicyclic) bond motifs is 2. The van der Waals surface area contributed by atoms with E-state index in [2.05, 4.69) is 23.2 Å². The van der Waals surface area contributed by atoms with Crippen molar-refractivity contribution in [3.63, 3.8) is 0 Å². The van der Waals surface area contributed by atoms with Gasteiger partial charge in [-0.15, -0.1) is 17.8 Å². The normalized spacial score (nSPS) is 15.3. The largest absolute Gasteiger partial charge is 0.494 e. The maximum Gasteiger partial charge on any atom is 0.341 e. The number of aromatic nitrogens is 1. The molecule has 0 radical (unpaired) electrons. The molecule has 0 saturated carbocycles. The van der Waals surface area contributed by atoms with E-state index >= 15 is 0 Å². The molecule has 41 heavy (non-hydrogen) atoms. The number of hydrogen-bond acceptors (Lipinski definition) is 9. The molecule has 2 heterocycles. The van der Waals surface area contributed by atoms with E-state index in [0.29, 0.717) is 24.7 Å². The fraction of sp³-hybridized carbons (Fsp3) is 0.429. The van der Waals surface area contributed by atoms with Crippen LogP contribution in [0, 0.1) is 18.3 Å². The van der Waals surface area contributed by atoms with Gasteiger partial charge >= 0.3 is 5.97 Å². The van der Waals surface area contributed by atoms with Gasteiger partial charge in [-0.3, -0.25) is 9.59 Å². The maximum atomic E-state index is 12.8. The summed E-state index contributed by atoms with van der Waals surface area (Å²) in [6.45, 7) is 6.45. The molecule has 0 bridgehead atoms. The van der Waals surface area contributed by atoms with Gasteiger partial charge in [0.25, 0.3) is 5.91 Å². The highest BCUT2D eigenvalue weighted by atomic mass is 32.2. The fourth-order valence-electron chi connectivity index (χ4n) is 4.64. The summed E-state index contributed by atoms with van der Waals surface area (Å²) in [6.07, 6.45) is 7.85. The van der Waals surface area contributed by atoms with E-state index in [-0.39, 0.29) is 28.5 Å². The molecule has 1 N–H and O–H groups in total. The maximum absolute atomic E-state index is 12.8. The number of sulfone groups is 1. The summed E-state index contributed by atoms with van der Waals surface area (Å²) >= 11 is 2.44. The highest BCUT2D eigenvalue weighted by Crippen LogP contribution is 2.40. The number of rotatable bonds is 10. The molecule has 0 spiro atoms. The number of thiazole rings is 1. The molecule has 1 atom stereocenters. The number of terminal acetylenes is 1. The van der Waals surface area contributed by atoms with Crippen molar-refractivity contribution in [3.8, 4) is 18.1 Å². The van der Waals surface area contributed by atoms with E-state index in [0.717, 1.165) is 33.5 Å². The van der Waals surface area contributed by atoms with Crippen LogP contribution in [0.15, 0.2) is 23.2 Å². The number of carbonyl (C=O) groups excluding carboxylic acids is 3. The Bertz CT molecular complexity index is 1710. The summed E-state index contributed by atoms with van der Waals surface area (Å²) in [5, 5.41) is 2.85. The molecule has 4 rings (SSSR count). The average Bonchev–Trinajstić information content (AvgIpc) is 3.40. The molecule has 2 amide bonds. The van der Waals surface area contributed by atoms with Crippen LogP contribution in [-0.2, 0) is 43.5 Å². The van der Waals surface area contributed by atoms with Gasteiger partial charge in [-0.25, -0.2) is 13.2 Å². The minimum absolute atomic E-state index is 0.127. The highest BCUT2D eigenvalue weighted by Gasteiger charge is 2.30. The molecule has 0 saturated heterocycles. The molecule has 0 aliphatic heterocycles. The monoisotopic (exact) mass is 617 g/mol. The number of esters is 1. The van der Waals surface area contributed by atoms with Crippen LogP contribution in [-0.4, -0.2) is 55.5 Å². The van der Waals surface area contributed by atoms with Crippen LogP contribution in [0.1, 0.15) is 48.0 Å². The van der Waals surface area contributed by atoms with E-state index in [9.17, 15) is 22.8 Å². The summed E-state index contributed by atoms with van der Waals surface area (Å²) in [5.74, 6) is -0.625. The molecule has 1 aromatic carbocycles. The van der Waals surface area contributed by atoms with Crippen molar-refractivity contribution in [2.24, 2.45) is 10.9 Å². The van der Waals surface area contributed by atoms with Crippen LogP contribution in [0.3, 0.4) is 0 Å². The minimum atomic E-state index is -4.18. The Kier molecular flexibility index (Phi) is 9.68. The third-order valence-corrected chi connectivity index (χ3v) is 9.97. The Morgan fingerprint density at radius 1 is 1.20 bits per heavy atom. The Hall–Kier alpha value is -3.47. The van der Waals surface area contributed by atoms with Gasteiger partial charge in [-0.1, -0.05) is 24.2 Å². The van der Waals surface area contributed by atoms with Crippen molar-refractivity contribution in [1.29, 1.82) is 0 Å². The zero-order valence-corrected chi connectivity index (χ0v) is 25.5. The lowest BCUT2D eigenvalue weighted by molar-refractivity contribution is -0.115. The Labute approximate surface area is 246 Å². The van der Waals surface area contributed by atoms with Crippen molar-refractivity contribution in [2.75, 3.05) is 30.0 Å². The zero-order valence-electron chi connectivity index (χ0n) is 23.0. The minimum Gasteiger partial charge on any atom is -0.494 e. The summed E-state index contributed by atoms with van der Waals surface area (Å²) in [4.78, 5) is 43.5. The SMILES string of the molecule is C#CCn1c(=NC(=O)CS(=O)(=O)CC(=O)Nc2sc3c(c2C(=O)OCC)CCC(C)C3)sc2cc(OCC)ccc21. The molecule has 0 fully saturated rings. The van der Waals surface area contributed by atoms with Crippen LogP contribution in [0.4, 0.5) is 5.00 Å². The third-order valence-electron chi connectivity index (χ3n) is 6.37. The van der Waals surface area contributed by atoms with Gasteiger partial charge in [0.2, 0.25) is 5.91 Å². The third kappa shape index (κ3) is 7.25. The molecular formula is C28H31N3O7S3. The van der Waals surface area contributed by atoms with Crippen LogP contribution < -0.4 is 14.9 Å². The van der Waals surface area contributed by atoms with Gasteiger partial charge in [-0.05, 0) is 62.8 Å². The van der Waals surface area contributed by atoms with E-state index in [1.54, 1.807) is 29.7 Å². The predicted octanol–water partition coefficient (Wildman–Crippen LogP) is 3.58. The van der Waals surface area contributed by atoms with E-state index in [1.807, 2.05) is 6.92 Å². The molecule has 2 aromatic heterocycles. The first-order valence-corrected chi connectivity index (χ1v) is 16.6. The fourth-order valence-corrected chi connectivity index (χ4v) is 8.14. The van der Waals surface area contributed by atoms with Gasteiger partial charge in [0.1, 0.15) is 22.3 Å². The van der Waals surface area contributed by atoms with Gasteiger partial charge < -0.3 is 19.4 Å². The second kappa shape index (κ2) is 13.0. The number of hydrogen-bond donors (Lipinski definition) is 1. The predicted molar refractivity (Wildman–Crippen MR) is 159 cm³/mol. The second-order valence-corrected chi connectivity index (χ2v) is 13.8. The Morgan fingerprint density at radius 3 is 2.68 bits per heavy atom. The van der Waals surface area contributed by atoms with E-state index in [4.69, 9.17) is 15.9 Å². The molecule has 1 aliphatic rings. The van der Waals surface area contributed by atoms with Gasteiger partial charge in [0.15, 0.2) is 14.6 Å². The Morgan fingerprint density at radius 2 is 1.98 bits per heavy atom. The van der Waals surface area contributed by atoms with Crippen LogP contribution in [0.2, 0.25) is 0 Å². The number of thiophene rings is 1. The van der Waals surface area contributed by atoms with E-state index in [1.165, 1.54) is 22.7 Å². The van der Waals surface area contributed by atoms with Crippen molar-refractivity contribution in [2.45, 2.75) is 46.6 Å². The summed E-state index contributed by atoms with van der Waals surface area (Å²) < 4.78 is 38.8. The quantitative estimate of drug-likeness (QED) is 0.272. The molecule has 3 aromatic rings. The van der Waals surface area contributed by atoms with Gasteiger partial charge in [0, 0.05) is 4.88 Å². The Balaban J connectivity index is 1.52. The molecule has 1 aliphatic carbocycles. The smallest absolute Gasteiger partial charge is 0.341 e. The lowest BCUT2D eigenvalue weighted by Crippen LogP contribution is -2.28. The van der Waals surface area contributed by atoms with Crippen molar-refractivity contribution >= 4 is 65.5 Å². The average molecular weight is 618 g/mol. The first-order chi connectivity index (χ1) is 19.5. The molecule has 13 heteroatoms. The van der Waals surface area contributed by atoms with Gasteiger partial charge in [0.05, 0.1) is 35.5 Å². The number of ether oxygens (including phenoxy) is 2. The topological polar surface area (TPSA) is 133 Å². The first kappa shape index (κ1) is 30.5. The number of amides is 2. The number of anilines is 1. The van der Waals surface area contributed by atoms with E-state index < -0.39 is 39.1 Å². The standard InChI is InChI=1S/C28H31N3O7S3/c1-5-12-31-20-11-9-18(37-6-2)14-22(20)40-28(31)30-24(33)16-41(35,36)15-23(32)29-26-25(27(34)38-7-3)19-10-8-17(4)13-21(19)39-26/h1,9,11,14,17H,6-8,10,12-13,15-16H2,2-4H3,(H,29,32). The lowest BCUT2D eigenvalue weighted by atomic mass is 9.88. The molecule has 1 unspecified atom stereocenters. The molecular weight excluding hydrogens is 587 g/mol. The van der Waals surface area contributed by atoms with Crippen molar-refractivity contribution in [3.05, 3.63) is 39.0 Å². The zero-order chi connectivity index (χ0) is 29.7. The number of carbonyl (C=O) groups is 3. The van der Waals surface area contributed by atoms with Crippen molar-refractivity contribution in [1.82, 2.24) is 4.57 Å². The number of nitrogens with zero attached hydrogens (tertiary/aromatic N) is 2. The summed E-state index contributed by atoms with van der Waals surface area (Å²) in [6, 6.07) is 5.37. The summed E-state index contributed by atoms with van der Waals surface area (Å²) in [7, 11) is -4.18. The molecule has 10 nitrogen and oxygen atoms in total. The second-order valence-electron chi connectivity index (χ2n) is 9.60.